The van der Waals surface area contributed by atoms with Crippen LogP contribution in [0.25, 0.3) is 0 Å². The van der Waals surface area contributed by atoms with Gasteiger partial charge in [0.25, 0.3) is 0 Å². The second-order valence-electron chi connectivity index (χ2n) is 7.95. The van der Waals surface area contributed by atoms with E-state index in [-0.39, 0.29) is 18.1 Å². The van der Waals surface area contributed by atoms with Crippen molar-refractivity contribution in [2.45, 2.75) is 57.9 Å². The monoisotopic (exact) mass is 414 g/mol. The lowest BCUT2D eigenvalue weighted by Crippen LogP contribution is -2.43. The second kappa shape index (κ2) is 9.74. The zero-order valence-corrected chi connectivity index (χ0v) is 17.9. The third-order valence-electron chi connectivity index (χ3n) is 5.65. The molecule has 2 unspecified atom stereocenters. The summed E-state index contributed by atoms with van der Waals surface area (Å²) in [5, 5.41) is 5.49. The minimum atomic E-state index is -0.262. The van der Waals surface area contributed by atoms with Gasteiger partial charge in [0.15, 0.2) is 0 Å². The van der Waals surface area contributed by atoms with E-state index in [0.717, 1.165) is 50.2 Å². The van der Waals surface area contributed by atoms with Gasteiger partial charge in [-0.2, -0.15) is 0 Å². The van der Waals surface area contributed by atoms with Crippen LogP contribution in [-0.4, -0.2) is 42.7 Å². The summed E-state index contributed by atoms with van der Waals surface area (Å²) < 4.78 is 11.6. The smallest absolute Gasteiger partial charge is 0.245 e. The van der Waals surface area contributed by atoms with E-state index in [0.29, 0.717) is 13.2 Å². The molecule has 0 radical (unpaired) electrons. The van der Waals surface area contributed by atoms with Crippen molar-refractivity contribution in [3.05, 3.63) is 51.7 Å². The molecule has 0 aliphatic carbocycles. The molecule has 1 aromatic heterocycles. The standard InChI is InChI=1S/C23H30N2O3S/c1-17(23(26)25-10-8-22-19(14-25)9-12-29-22)24-20-6-4-5-18(13-20)15-27-16-21-7-2-3-11-28-21/h4-6,9,12-13,17,21,24H,2-3,7-8,10-11,14-16H2,1H3. The molecule has 0 saturated carbocycles. The molecule has 1 aromatic carbocycles. The second-order valence-corrected chi connectivity index (χ2v) is 8.95. The van der Waals surface area contributed by atoms with Gasteiger partial charge in [-0.3, -0.25) is 4.79 Å². The van der Waals surface area contributed by atoms with Crippen molar-refractivity contribution in [2.24, 2.45) is 0 Å². The Labute approximate surface area is 177 Å². The summed E-state index contributed by atoms with van der Waals surface area (Å²) in [6.45, 7) is 5.52. The predicted octanol–water partition coefficient (Wildman–Crippen LogP) is 4.22. The summed E-state index contributed by atoms with van der Waals surface area (Å²) in [5.74, 6) is 0.151. The van der Waals surface area contributed by atoms with Crippen molar-refractivity contribution < 1.29 is 14.3 Å². The van der Waals surface area contributed by atoms with Gasteiger partial charge >= 0.3 is 0 Å². The van der Waals surface area contributed by atoms with Crippen LogP contribution >= 0.6 is 11.3 Å². The maximum absolute atomic E-state index is 12.9. The Morgan fingerprint density at radius 2 is 2.31 bits per heavy atom. The molecule has 2 atom stereocenters. The van der Waals surface area contributed by atoms with Crippen molar-refractivity contribution in [2.75, 3.05) is 25.1 Å². The molecule has 2 aliphatic heterocycles. The van der Waals surface area contributed by atoms with E-state index in [2.05, 4.69) is 28.9 Å². The Kier molecular flexibility index (Phi) is 6.85. The highest BCUT2D eigenvalue weighted by atomic mass is 32.1. The van der Waals surface area contributed by atoms with Gasteiger partial charge in [0.2, 0.25) is 5.91 Å². The number of thiophene rings is 1. The molecular formula is C23H30N2O3S. The third kappa shape index (κ3) is 5.38. The Balaban J connectivity index is 1.27. The molecule has 2 aromatic rings. The number of nitrogens with one attached hydrogen (secondary N) is 1. The lowest BCUT2D eigenvalue weighted by atomic mass is 10.1. The number of carbonyl (C=O) groups excluding carboxylic acids is 1. The largest absolute Gasteiger partial charge is 0.376 e. The van der Waals surface area contributed by atoms with Gasteiger partial charge in [0, 0.05) is 30.3 Å². The number of amides is 1. The fourth-order valence-electron chi connectivity index (χ4n) is 4.02. The maximum atomic E-state index is 12.9. The normalized spacial score (nSPS) is 20.2. The minimum absolute atomic E-state index is 0.151. The van der Waals surface area contributed by atoms with Gasteiger partial charge in [-0.25, -0.2) is 0 Å². The summed E-state index contributed by atoms with van der Waals surface area (Å²) in [6.07, 6.45) is 4.67. The third-order valence-corrected chi connectivity index (χ3v) is 6.67. The molecule has 1 amide bonds. The SMILES string of the molecule is CC(Nc1cccc(COCC2CCCCO2)c1)C(=O)N1CCc2sccc2C1. The fraction of sp³-hybridized carbons (Fsp3) is 0.522. The first-order valence-electron chi connectivity index (χ1n) is 10.6. The van der Waals surface area contributed by atoms with Gasteiger partial charge in [-0.1, -0.05) is 12.1 Å². The van der Waals surface area contributed by atoms with E-state index < -0.39 is 0 Å². The number of rotatable bonds is 7. The molecule has 4 rings (SSSR count). The zero-order valence-electron chi connectivity index (χ0n) is 17.1. The van der Waals surface area contributed by atoms with Gasteiger partial charge < -0.3 is 19.7 Å². The number of hydrogen-bond donors (Lipinski definition) is 1. The summed E-state index contributed by atoms with van der Waals surface area (Å²) in [5.41, 5.74) is 3.35. The van der Waals surface area contributed by atoms with E-state index in [9.17, 15) is 4.79 Å². The van der Waals surface area contributed by atoms with Crippen LogP contribution in [0.3, 0.4) is 0 Å². The van der Waals surface area contributed by atoms with Crippen LogP contribution < -0.4 is 5.32 Å². The van der Waals surface area contributed by atoms with E-state index >= 15 is 0 Å². The van der Waals surface area contributed by atoms with Crippen LogP contribution in [0.5, 0.6) is 0 Å². The molecule has 1 saturated heterocycles. The fourth-order valence-corrected chi connectivity index (χ4v) is 4.91. The molecule has 1 fully saturated rings. The first-order valence-corrected chi connectivity index (χ1v) is 11.5. The number of nitrogens with zero attached hydrogens (tertiary/aromatic N) is 1. The molecule has 3 heterocycles. The molecule has 29 heavy (non-hydrogen) atoms. The van der Waals surface area contributed by atoms with Crippen LogP contribution in [0.4, 0.5) is 5.69 Å². The number of benzene rings is 1. The Bertz CT molecular complexity index is 816. The van der Waals surface area contributed by atoms with Crippen LogP contribution in [0.2, 0.25) is 0 Å². The van der Waals surface area contributed by atoms with Gasteiger partial charge in [-0.15, -0.1) is 11.3 Å². The summed E-state index contributed by atoms with van der Waals surface area (Å²) in [7, 11) is 0. The topological polar surface area (TPSA) is 50.8 Å². The van der Waals surface area contributed by atoms with Crippen LogP contribution in [0.15, 0.2) is 35.7 Å². The van der Waals surface area contributed by atoms with Crippen molar-refractivity contribution in [1.82, 2.24) is 4.90 Å². The molecule has 0 bridgehead atoms. The minimum Gasteiger partial charge on any atom is -0.376 e. The van der Waals surface area contributed by atoms with Crippen molar-refractivity contribution in [3.8, 4) is 0 Å². The van der Waals surface area contributed by atoms with Gasteiger partial charge in [-0.05, 0) is 67.3 Å². The molecule has 156 valence electrons. The maximum Gasteiger partial charge on any atom is 0.245 e. The van der Waals surface area contributed by atoms with Crippen molar-refractivity contribution in [3.63, 3.8) is 0 Å². The van der Waals surface area contributed by atoms with Gasteiger partial charge in [0.05, 0.1) is 19.3 Å². The van der Waals surface area contributed by atoms with E-state index in [1.807, 2.05) is 24.0 Å². The lowest BCUT2D eigenvalue weighted by molar-refractivity contribution is -0.132. The Morgan fingerprint density at radius 1 is 1.38 bits per heavy atom. The predicted molar refractivity (Wildman–Crippen MR) is 116 cm³/mol. The van der Waals surface area contributed by atoms with E-state index in [4.69, 9.17) is 9.47 Å². The first kappa shape index (κ1) is 20.4. The highest BCUT2D eigenvalue weighted by Crippen LogP contribution is 2.25. The van der Waals surface area contributed by atoms with Crippen molar-refractivity contribution in [1.29, 1.82) is 0 Å². The molecule has 0 spiro atoms. The molecule has 5 nitrogen and oxygen atoms in total. The molecule has 2 aliphatic rings. The lowest BCUT2D eigenvalue weighted by Gasteiger charge is -2.30. The molecular weight excluding hydrogens is 384 g/mol. The van der Waals surface area contributed by atoms with Crippen LogP contribution in [0.1, 0.15) is 42.2 Å². The average molecular weight is 415 g/mol. The molecule has 6 heteroatoms. The van der Waals surface area contributed by atoms with Crippen LogP contribution in [-0.2, 0) is 33.8 Å². The number of ether oxygens (including phenoxy) is 2. The number of fused-ring (bicyclic) bond motifs is 1. The Hall–Kier alpha value is -1.89. The highest BCUT2D eigenvalue weighted by Gasteiger charge is 2.25. The Morgan fingerprint density at radius 3 is 3.17 bits per heavy atom. The van der Waals surface area contributed by atoms with E-state index in [1.54, 1.807) is 11.3 Å². The van der Waals surface area contributed by atoms with E-state index in [1.165, 1.54) is 16.9 Å². The summed E-state index contributed by atoms with van der Waals surface area (Å²) in [6, 6.07) is 10.0. The number of carbonyl (C=O) groups is 1. The summed E-state index contributed by atoms with van der Waals surface area (Å²) in [4.78, 5) is 16.3. The first-order chi connectivity index (χ1) is 14.2. The number of hydrogen-bond acceptors (Lipinski definition) is 5. The quantitative estimate of drug-likeness (QED) is 0.737. The molecule has 1 N–H and O–H groups in total. The highest BCUT2D eigenvalue weighted by molar-refractivity contribution is 7.10. The summed E-state index contributed by atoms with van der Waals surface area (Å²) >= 11 is 1.79. The zero-order chi connectivity index (χ0) is 20.1. The van der Waals surface area contributed by atoms with Gasteiger partial charge in [0.1, 0.15) is 6.04 Å². The van der Waals surface area contributed by atoms with Crippen molar-refractivity contribution >= 4 is 22.9 Å². The number of anilines is 1. The average Bonchev–Trinajstić information content (AvgIpc) is 3.22. The van der Waals surface area contributed by atoms with Crippen LogP contribution in [0, 0.1) is 0 Å².